The summed E-state index contributed by atoms with van der Waals surface area (Å²) in [6, 6.07) is 0. The predicted octanol–water partition coefficient (Wildman–Crippen LogP) is 1.65. The summed E-state index contributed by atoms with van der Waals surface area (Å²) in [6.45, 7) is 2.82. The standard InChI is InChI=1S/C10H11N3O2S/c1-2-13-5-7(4-11-13)10-12-8(6-16-10)3-9(14)15/h4-6H,2-3H2,1H3,(H,14,15). The molecular weight excluding hydrogens is 226 g/mol. The third-order valence-corrected chi connectivity index (χ3v) is 3.03. The van der Waals surface area contributed by atoms with Gasteiger partial charge in [-0.3, -0.25) is 9.48 Å². The molecule has 0 aliphatic carbocycles. The van der Waals surface area contributed by atoms with Crippen molar-refractivity contribution < 1.29 is 9.90 Å². The molecule has 2 aromatic rings. The summed E-state index contributed by atoms with van der Waals surface area (Å²) < 4.78 is 1.81. The predicted molar refractivity (Wildman–Crippen MR) is 60.3 cm³/mol. The SMILES string of the molecule is CCn1cc(-c2nc(CC(=O)O)cs2)cn1. The molecule has 2 heterocycles. The fourth-order valence-corrected chi connectivity index (χ4v) is 2.12. The first-order chi connectivity index (χ1) is 7.69. The molecule has 84 valence electrons. The summed E-state index contributed by atoms with van der Waals surface area (Å²) in [7, 11) is 0. The van der Waals surface area contributed by atoms with Gasteiger partial charge >= 0.3 is 5.97 Å². The average molecular weight is 237 g/mol. The average Bonchev–Trinajstić information content (AvgIpc) is 2.83. The molecule has 0 aromatic carbocycles. The maximum atomic E-state index is 10.5. The third kappa shape index (κ3) is 2.27. The molecule has 0 bridgehead atoms. The van der Waals surface area contributed by atoms with E-state index in [9.17, 15) is 4.79 Å². The second-order valence-electron chi connectivity index (χ2n) is 3.30. The van der Waals surface area contributed by atoms with Gasteiger partial charge in [-0.15, -0.1) is 11.3 Å². The quantitative estimate of drug-likeness (QED) is 0.878. The summed E-state index contributed by atoms with van der Waals surface area (Å²) in [6.07, 6.45) is 3.62. The maximum Gasteiger partial charge on any atom is 0.309 e. The van der Waals surface area contributed by atoms with Gasteiger partial charge in [-0.1, -0.05) is 0 Å². The van der Waals surface area contributed by atoms with Gasteiger partial charge in [0.1, 0.15) is 5.01 Å². The van der Waals surface area contributed by atoms with Crippen LogP contribution in [-0.4, -0.2) is 25.8 Å². The number of carboxylic acids is 1. The normalized spacial score (nSPS) is 10.6. The molecule has 0 unspecified atom stereocenters. The van der Waals surface area contributed by atoms with Crippen molar-refractivity contribution in [2.45, 2.75) is 19.9 Å². The molecule has 1 N–H and O–H groups in total. The number of rotatable bonds is 4. The van der Waals surface area contributed by atoms with Crippen LogP contribution < -0.4 is 0 Å². The lowest BCUT2D eigenvalue weighted by Gasteiger charge is -1.90. The van der Waals surface area contributed by atoms with Gasteiger partial charge in [-0.25, -0.2) is 4.98 Å². The van der Waals surface area contributed by atoms with Gasteiger partial charge in [0, 0.05) is 23.7 Å². The first kappa shape index (κ1) is 10.8. The Balaban J connectivity index is 2.20. The van der Waals surface area contributed by atoms with Gasteiger partial charge in [-0.05, 0) is 6.92 Å². The smallest absolute Gasteiger partial charge is 0.309 e. The Kier molecular flexibility index (Phi) is 3.00. The van der Waals surface area contributed by atoms with Crippen molar-refractivity contribution in [3.05, 3.63) is 23.5 Å². The molecule has 0 saturated carbocycles. The van der Waals surface area contributed by atoms with E-state index in [1.54, 1.807) is 11.6 Å². The second kappa shape index (κ2) is 4.44. The van der Waals surface area contributed by atoms with E-state index in [0.29, 0.717) is 5.69 Å². The molecule has 2 rings (SSSR count). The number of aromatic nitrogens is 3. The number of nitrogens with zero attached hydrogens (tertiary/aromatic N) is 3. The highest BCUT2D eigenvalue weighted by Crippen LogP contribution is 2.23. The lowest BCUT2D eigenvalue weighted by molar-refractivity contribution is -0.136. The Morgan fingerprint density at radius 3 is 3.06 bits per heavy atom. The van der Waals surface area contributed by atoms with E-state index in [0.717, 1.165) is 17.1 Å². The van der Waals surface area contributed by atoms with Crippen molar-refractivity contribution in [1.82, 2.24) is 14.8 Å². The van der Waals surface area contributed by atoms with Crippen molar-refractivity contribution in [1.29, 1.82) is 0 Å². The Bertz CT molecular complexity index is 504. The zero-order chi connectivity index (χ0) is 11.5. The van der Waals surface area contributed by atoms with Crippen LogP contribution in [0.1, 0.15) is 12.6 Å². The van der Waals surface area contributed by atoms with Crippen LogP contribution in [0.4, 0.5) is 0 Å². The molecular formula is C10H11N3O2S. The summed E-state index contributed by atoms with van der Waals surface area (Å²) in [5.41, 5.74) is 1.53. The van der Waals surface area contributed by atoms with Crippen LogP contribution >= 0.6 is 11.3 Å². The molecule has 0 spiro atoms. The fraction of sp³-hybridized carbons (Fsp3) is 0.300. The molecule has 6 heteroatoms. The highest BCUT2D eigenvalue weighted by molar-refractivity contribution is 7.13. The molecule has 0 aliphatic rings. The lowest BCUT2D eigenvalue weighted by atomic mass is 10.3. The van der Waals surface area contributed by atoms with Gasteiger partial charge < -0.3 is 5.11 Å². The van der Waals surface area contributed by atoms with Gasteiger partial charge in [0.25, 0.3) is 0 Å². The van der Waals surface area contributed by atoms with Crippen molar-refractivity contribution in [3.8, 4) is 10.6 Å². The minimum Gasteiger partial charge on any atom is -0.481 e. The van der Waals surface area contributed by atoms with Gasteiger partial charge in [0.15, 0.2) is 0 Å². The van der Waals surface area contributed by atoms with E-state index in [1.807, 2.05) is 17.8 Å². The Morgan fingerprint density at radius 1 is 1.62 bits per heavy atom. The van der Waals surface area contributed by atoms with E-state index in [-0.39, 0.29) is 6.42 Å². The summed E-state index contributed by atoms with van der Waals surface area (Å²) in [4.78, 5) is 14.8. The number of thiazole rings is 1. The van der Waals surface area contributed by atoms with Crippen LogP contribution in [-0.2, 0) is 17.8 Å². The topological polar surface area (TPSA) is 68.0 Å². The van der Waals surface area contributed by atoms with Crippen LogP contribution in [0.25, 0.3) is 10.6 Å². The summed E-state index contributed by atoms with van der Waals surface area (Å²) in [5.74, 6) is -0.860. The van der Waals surface area contributed by atoms with Crippen LogP contribution in [0.5, 0.6) is 0 Å². The molecule has 16 heavy (non-hydrogen) atoms. The number of aliphatic carboxylic acids is 1. The lowest BCUT2D eigenvalue weighted by Crippen LogP contribution is -1.99. The van der Waals surface area contributed by atoms with E-state index in [4.69, 9.17) is 5.11 Å². The van der Waals surface area contributed by atoms with E-state index in [1.165, 1.54) is 11.3 Å². The van der Waals surface area contributed by atoms with Crippen LogP contribution in [0, 0.1) is 0 Å². The van der Waals surface area contributed by atoms with E-state index >= 15 is 0 Å². The Hall–Kier alpha value is -1.69. The second-order valence-corrected chi connectivity index (χ2v) is 4.16. The number of hydrogen-bond acceptors (Lipinski definition) is 4. The van der Waals surface area contributed by atoms with Crippen LogP contribution in [0.2, 0.25) is 0 Å². The zero-order valence-electron chi connectivity index (χ0n) is 8.75. The zero-order valence-corrected chi connectivity index (χ0v) is 9.57. The maximum absolute atomic E-state index is 10.5. The van der Waals surface area contributed by atoms with E-state index in [2.05, 4.69) is 10.1 Å². The molecule has 0 amide bonds. The molecule has 2 aromatic heterocycles. The van der Waals surface area contributed by atoms with Crippen molar-refractivity contribution in [2.75, 3.05) is 0 Å². The highest BCUT2D eigenvalue weighted by atomic mass is 32.1. The van der Waals surface area contributed by atoms with Gasteiger partial charge in [0.2, 0.25) is 0 Å². The highest BCUT2D eigenvalue weighted by Gasteiger charge is 2.09. The number of carbonyl (C=O) groups is 1. The molecule has 0 saturated heterocycles. The number of aryl methyl sites for hydroxylation is 1. The van der Waals surface area contributed by atoms with Gasteiger partial charge in [0.05, 0.1) is 18.3 Å². The Morgan fingerprint density at radius 2 is 2.44 bits per heavy atom. The fourth-order valence-electron chi connectivity index (χ4n) is 1.32. The molecule has 0 fully saturated rings. The number of hydrogen-bond donors (Lipinski definition) is 1. The van der Waals surface area contributed by atoms with Crippen LogP contribution in [0.3, 0.4) is 0 Å². The monoisotopic (exact) mass is 237 g/mol. The minimum atomic E-state index is -0.860. The largest absolute Gasteiger partial charge is 0.481 e. The van der Waals surface area contributed by atoms with Crippen LogP contribution in [0.15, 0.2) is 17.8 Å². The molecule has 0 radical (unpaired) electrons. The van der Waals surface area contributed by atoms with Gasteiger partial charge in [-0.2, -0.15) is 5.10 Å². The first-order valence-corrected chi connectivity index (χ1v) is 5.76. The third-order valence-electron chi connectivity index (χ3n) is 2.09. The number of carboxylic acid groups (broad SMARTS) is 1. The summed E-state index contributed by atoms with van der Waals surface area (Å²) in [5, 5.41) is 15.4. The van der Waals surface area contributed by atoms with Crippen molar-refractivity contribution in [3.63, 3.8) is 0 Å². The molecule has 0 aliphatic heterocycles. The minimum absolute atomic E-state index is 0.0294. The summed E-state index contributed by atoms with van der Waals surface area (Å²) >= 11 is 1.44. The Labute approximate surface area is 96.4 Å². The molecule has 5 nitrogen and oxygen atoms in total. The van der Waals surface area contributed by atoms with E-state index < -0.39 is 5.97 Å². The van der Waals surface area contributed by atoms with Crippen molar-refractivity contribution in [2.24, 2.45) is 0 Å². The van der Waals surface area contributed by atoms with Crippen molar-refractivity contribution >= 4 is 17.3 Å². The molecule has 0 atom stereocenters. The first-order valence-electron chi connectivity index (χ1n) is 4.88.